The molecule has 0 bridgehead atoms. The Bertz CT molecular complexity index is 482. The van der Waals surface area contributed by atoms with E-state index in [1.165, 1.54) is 11.1 Å². The first-order chi connectivity index (χ1) is 11.1. The van der Waals surface area contributed by atoms with Crippen LogP contribution in [0.2, 0.25) is 0 Å². The Morgan fingerprint density at radius 2 is 2.04 bits per heavy atom. The van der Waals surface area contributed by atoms with Crippen molar-refractivity contribution in [1.82, 2.24) is 15.5 Å². The molecule has 0 radical (unpaired) electrons. The molecule has 1 unspecified atom stereocenters. The molecule has 0 amide bonds. The van der Waals surface area contributed by atoms with Gasteiger partial charge in [0.05, 0.1) is 6.61 Å². The van der Waals surface area contributed by atoms with E-state index in [-0.39, 0.29) is 24.0 Å². The van der Waals surface area contributed by atoms with Crippen LogP contribution in [-0.4, -0.2) is 64.9 Å². The predicted molar refractivity (Wildman–Crippen MR) is 114 cm³/mol. The number of ether oxygens (including phenoxy) is 1. The van der Waals surface area contributed by atoms with E-state index in [4.69, 9.17) is 4.74 Å². The molecular formula is C18H33IN4O. The number of benzene rings is 1. The normalized spacial score (nSPS) is 12.7. The Morgan fingerprint density at radius 1 is 1.29 bits per heavy atom. The first-order valence-electron chi connectivity index (χ1n) is 8.25. The van der Waals surface area contributed by atoms with Crippen LogP contribution in [0.25, 0.3) is 0 Å². The van der Waals surface area contributed by atoms with Gasteiger partial charge in [-0.25, -0.2) is 0 Å². The van der Waals surface area contributed by atoms with Crippen LogP contribution in [0, 0.1) is 6.92 Å². The summed E-state index contributed by atoms with van der Waals surface area (Å²) >= 11 is 0. The van der Waals surface area contributed by atoms with Crippen LogP contribution in [0.4, 0.5) is 0 Å². The van der Waals surface area contributed by atoms with E-state index in [0.29, 0.717) is 5.92 Å². The van der Waals surface area contributed by atoms with Crippen LogP contribution < -0.4 is 10.6 Å². The van der Waals surface area contributed by atoms with Gasteiger partial charge < -0.3 is 20.3 Å². The average Bonchev–Trinajstić information content (AvgIpc) is 2.55. The van der Waals surface area contributed by atoms with Crippen molar-refractivity contribution in [3.05, 3.63) is 35.4 Å². The summed E-state index contributed by atoms with van der Waals surface area (Å²) < 4.78 is 5.08. The molecule has 6 heteroatoms. The van der Waals surface area contributed by atoms with Crippen LogP contribution in [0.15, 0.2) is 29.3 Å². The van der Waals surface area contributed by atoms with Gasteiger partial charge in [-0.05, 0) is 25.5 Å². The Kier molecular flexibility index (Phi) is 13.0. The first-order valence-corrected chi connectivity index (χ1v) is 8.25. The van der Waals surface area contributed by atoms with Crippen molar-refractivity contribution >= 4 is 29.9 Å². The van der Waals surface area contributed by atoms with Gasteiger partial charge in [0.15, 0.2) is 5.96 Å². The summed E-state index contributed by atoms with van der Waals surface area (Å²) in [6.45, 7) is 8.74. The van der Waals surface area contributed by atoms with Crippen molar-refractivity contribution in [3.63, 3.8) is 0 Å². The van der Waals surface area contributed by atoms with Crippen molar-refractivity contribution in [2.45, 2.75) is 19.8 Å². The predicted octanol–water partition coefficient (Wildman–Crippen LogP) is 2.46. The minimum absolute atomic E-state index is 0. The molecule has 0 saturated heterocycles. The maximum absolute atomic E-state index is 5.08. The quantitative estimate of drug-likeness (QED) is 0.346. The number of likely N-dealkylation sites (N-methyl/N-ethyl adjacent to an activating group) is 1. The summed E-state index contributed by atoms with van der Waals surface area (Å²) in [4.78, 5) is 6.52. The second-order valence-electron chi connectivity index (χ2n) is 5.99. The molecule has 1 aromatic rings. The van der Waals surface area contributed by atoms with E-state index in [1.54, 1.807) is 14.2 Å². The molecule has 0 fully saturated rings. The molecule has 1 atom stereocenters. The Balaban J connectivity index is 0.00000529. The molecule has 0 saturated carbocycles. The maximum atomic E-state index is 5.08. The number of hydrogen-bond acceptors (Lipinski definition) is 3. The molecule has 0 aliphatic carbocycles. The number of methoxy groups -OCH3 is 1. The highest BCUT2D eigenvalue weighted by molar-refractivity contribution is 14.0. The minimum Gasteiger partial charge on any atom is -0.383 e. The second-order valence-corrected chi connectivity index (χ2v) is 5.99. The highest BCUT2D eigenvalue weighted by Gasteiger charge is 2.07. The van der Waals surface area contributed by atoms with Crippen LogP contribution in [0.1, 0.15) is 24.0 Å². The van der Waals surface area contributed by atoms with Crippen molar-refractivity contribution in [2.75, 3.05) is 54.0 Å². The molecular weight excluding hydrogens is 415 g/mol. The van der Waals surface area contributed by atoms with Gasteiger partial charge in [-0.2, -0.15) is 0 Å². The first kappa shape index (κ1) is 23.1. The van der Waals surface area contributed by atoms with Gasteiger partial charge in [-0.15, -0.1) is 24.0 Å². The van der Waals surface area contributed by atoms with Crippen molar-refractivity contribution in [2.24, 2.45) is 4.99 Å². The lowest BCUT2D eigenvalue weighted by molar-refractivity contribution is 0.162. The molecule has 0 spiro atoms. The zero-order valence-electron chi connectivity index (χ0n) is 15.6. The third-order valence-corrected chi connectivity index (χ3v) is 3.87. The highest BCUT2D eigenvalue weighted by Crippen LogP contribution is 2.15. The van der Waals surface area contributed by atoms with E-state index < -0.39 is 0 Å². The van der Waals surface area contributed by atoms with E-state index in [1.807, 2.05) is 0 Å². The topological polar surface area (TPSA) is 48.9 Å². The number of aliphatic imine (C=N–C) groups is 1. The van der Waals surface area contributed by atoms with Gasteiger partial charge in [0.1, 0.15) is 0 Å². The molecule has 0 heterocycles. The molecule has 138 valence electrons. The maximum Gasteiger partial charge on any atom is 0.191 e. The Labute approximate surface area is 164 Å². The van der Waals surface area contributed by atoms with Crippen LogP contribution in [-0.2, 0) is 4.74 Å². The molecule has 5 nitrogen and oxygen atoms in total. The highest BCUT2D eigenvalue weighted by atomic mass is 127. The number of aryl methyl sites for hydroxylation is 1. The molecule has 1 aromatic carbocycles. The van der Waals surface area contributed by atoms with E-state index >= 15 is 0 Å². The van der Waals surface area contributed by atoms with Gasteiger partial charge in [-0.1, -0.05) is 36.8 Å². The fraction of sp³-hybridized carbons (Fsp3) is 0.611. The van der Waals surface area contributed by atoms with Gasteiger partial charge in [0.2, 0.25) is 0 Å². The van der Waals surface area contributed by atoms with Crippen LogP contribution >= 0.6 is 24.0 Å². The summed E-state index contributed by atoms with van der Waals surface area (Å²) in [5, 5.41) is 6.75. The minimum atomic E-state index is 0. The largest absolute Gasteiger partial charge is 0.383 e. The lowest BCUT2D eigenvalue weighted by Gasteiger charge is -2.19. The Morgan fingerprint density at radius 3 is 2.67 bits per heavy atom. The summed E-state index contributed by atoms with van der Waals surface area (Å²) in [5.41, 5.74) is 2.66. The lowest BCUT2D eigenvalue weighted by atomic mass is 9.99. The number of nitrogens with one attached hydrogen (secondary N) is 2. The van der Waals surface area contributed by atoms with Crippen molar-refractivity contribution in [1.29, 1.82) is 0 Å². The molecule has 0 aliphatic heterocycles. The molecule has 2 N–H and O–H groups in total. The smallest absolute Gasteiger partial charge is 0.191 e. The van der Waals surface area contributed by atoms with Crippen LogP contribution in [0.3, 0.4) is 0 Å². The second kappa shape index (κ2) is 13.4. The third kappa shape index (κ3) is 9.44. The number of hydrogen-bond donors (Lipinski definition) is 2. The fourth-order valence-corrected chi connectivity index (χ4v) is 2.29. The summed E-state index contributed by atoms with van der Waals surface area (Å²) in [6, 6.07) is 8.67. The molecule has 24 heavy (non-hydrogen) atoms. The van der Waals surface area contributed by atoms with Gasteiger partial charge in [0, 0.05) is 40.3 Å². The lowest BCUT2D eigenvalue weighted by Crippen LogP contribution is -2.42. The Hall–Kier alpha value is -0.860. The fourth-order valence-electron chi connectivity index (χ4n) is 2.29. The number of rotatable bonds is 9. The SMILES string of the molecule is CN=C(NCCN(C)CCOC)NCC(C)c1cccc(C)c1.I. The number of nitrogens with zero attached hydrogens (tertiary/aromatic N) is 2. The number of guanidine groups is 1. The van der Waals surface area contributed by atoms with Crippen LogP contribution in [0.5, 0.6) is 0 Å². The van der Waals surface area contributed by atoms with E-state index in [9.17, 15) is 0 Å². The summed E-state index contributed by atoms with van der Waals surface area (Å²) in [5.74, 6) is 1.29. The molecule has 0 aliphatic rings. The zero-order valence-corrected chi connectivity index (χ0v) is 18.0. The van der Waals surface area contributed by atoms with E-state index in [0.717, 1.165) is 38.7 Å². The monoisotopic (exact) mass is 448 g/mol. The molecule has 0 aromatic heterocycles. The van der Waals surface area contributed by atoms with Crippen molar-refractivity contribution < 1.29 is 4.74 Å². The zero-order chi connectivity index (χ0) is 17.1. The van der Waals surface area contributed by atoms with E-state index in [2.05, 4.69) is 65.7 Å². The molecule has 1 rings (SSSR count). The standard InChI is InChI=1S/C18H32N4O.HI/c1-15-7-6-8-17(13-15)16(2)14-21-18(19-3)20-9-10-22(4)11-12-23-5;/h6-8,13,16H,9-12,14H2,1-5H3,(H2,19,20,21);1H. The van der Waals surface area contributed by atoms with Gasteiger partial charge in [-0.3, -0.25) is 4.99 Å². The average molecular weight is 448 g/mol. The van der Waals surface area contributed by atoms with Gasteiger partial charge >= 0.3 is 0 Å². The summed E-state index contributed by atoms with van der Waals surface area (Å²) in [6.07, 6.45) is 0. The summed E-state index contributed by atoms with van der Waals surface area (Å²) in [7, 11) is 5.63. The number of halogens is 1. The van der Waals surface area contributed by atoms with Gasteiger partial charge in [0.25, 0.3) is 0 Å². The van der Waals surface area contributed by atoms with Crippen molar-refractivity contribution in [3.8, 4) is 0 Å². The third-order valence-electron chi connectivity index (χ3n) is 3.87.